The number of hydrogen-bond acceptors (Lipinski definition) is 3. The monoisotopic (exact) mass is 365 g/mol. The van der Waals surface area contributed by atoms with Gasteiger partial charge in [-0.15, -0.1) is 0 Å². The Bertz CT molecular complexity index is 824. The molecular formula is C22H20ClNO2. The minimum absolute atomic E-state index is 0.0791. The summed E-state index contributed by atoms with van der Waals surface area (Å²) >= 11 is 6.05. The molecule has 26 heavy (non-hydrogen) atoms. The average Bonchev–Trinajstić information content (AvgIpc) is 3.13. The second-order valence-electron chi connectivity index (χ2n) is 6.30. The molecule has 1 aliphatic heterocycles. The Morgan fingerprint density at radius 2 is 1.54 bits per heavy atom. The highest BCUT2D eigenvalue weighted by atomic mass is 35.5. The molecule has 0 bridgehead atoms. The fraction of sp³-hybridized carbons (Fsp3) is 0.182. The van der Waals surface area contributed by atoms with Crippen molar-refractivity contribution in [1.82, 2.24) is 0 Å². The van der Waals surface area contributed by atoms with Crippen LogP contribution in [0.4, 0.5) is 5.69 Å². The molecule has 4 heteroatoms. The van der Waals surface area contributed by atoms with Crippen molar-refractivity contribution in [3.05, 3.63) is 101 Å². The van der Waals surface area contributed by atoms with Gasteiger partial charge in [-0.3, -0.25) is 0 Å². The lowest BCUT2D eigenvalue weighted by Crippen LogP contribution is -2.22. The Labute approximate surface area is 158 Å². The second kappa shape index (κ2) is 7.92. The van der Waals surface area contributed by atoms with Crippen LogP contribution >= 0.6 is 11.6 Å². The first-order valence-corrected chi connectivity index (χ1v) is 9.09. The maximum atomic E-state index is 6.14. The van der Waals surface area contributed by atoms with E-state index < -0.39 is 0 Å². The first-order chi connectivity index (χ1) is 12.8. The number of halogens is 1. The summed E-state index contributed by atoms with van der Waals surface area (Å²) in [7, 11) is 0. The molecule has 0 spiro atoms. The van der Waals surface area contributed by atoms with Crippen molar-refractivity contribution < 1.29 is 9.57 Å². The van der Waals surface area contributed by atoms with Crippen molar-refractivity contribution in [2.24, 2.45) is 0 Å². The Balaban J connectivity index is 1.53. The molecule has 1 aliphatic rings. The van der Waals surface area contributed by atoms with E-state index in [0.29, 0.717) is 6.61 Å². The summed E-state index contributed by atoms with van der Waals surface area (Å²) in [5.74, 6) is 0. The zero-order chi connectivity index (χ0) is 17.8. The molecule has 3 aromatic carbocycles. The van der Waals surface area contributed by atoms with Gasteiger partial charge in [0.1, 0.15) is 0 Å². The quantitative estimate of drug-likeness (QED) is 0.573. The van der Waals surface area contributed by atoms with Crippen molar-refractivity contribution in [2.75, 3.05) is 5.06 Å². The standard InChI is InChI=1S/C22H20ClNO2/c23-19-13-11-18(12-14-19)21-15-22(25-16-17-7-3-1-4-8-17)26-24(21)20-9-5-2-6-10-20/h1-14,21-22H,15-16H2/t21-,22+/m0/s1. The van der Waals surface area contributed by atoms with Crippen LogP contribution in [0.1, 0.15) is 23.6 Å². The molecule has 0 radical (unpaired) electrons. The largest absolute Gasteiger partial charge is 0.345 e. The summed E-state index contributed by atoms with van der Waals surface area (Å²) in [4.78, 5) is 6.14. The predicted octanol–water partition coefficient (Wildman–Crippen LogP) is 5.77. The van der Waals surface area contributed by atoms with Crippen LogP contribution in [0.5, 0.6) is 0 Å². The van der Waals surface area contributed by atoms with Crippen molar-refractivity contribution >= 4 is 17.3 Å². The Kier molecular flexibility index (Phi) is 5.21. The summed E-state index contributed by atoms with van der Waals surface area (Å²) in [6.07, 6.45) is 0.458. The average molecular weight is 366 g/mol. The highest BCUT2D eigenvalue weighted by Crippen LogP contribution is 2.38. The number of benzene rings is 3. The van der Waals surface area contributed by atoms with E-state index in [2.05, 4.69) is 12.1 Å². The predicted molar refractivity (Wildman–Crippen MR) is 104 cm³/mol. The molecule has 0 unspecified atom stereocenters. The van der Waals surface area contributed by atoms with E-state index in [0.717, 1.165) is 28.3 Å². The SMILES string of the molecule is Clc1ccc([C@@H]2C[C@H](OCc3ccccc3)ON2c2ccccc2)cc1. The third-order valence-corrected chi connectivity index (χ3v) is 4.73. The molecular weight excluding hydrogens is 346 g/mol. The Morgan fingerprint density at radius 1 is 0.885 bits per heavy atom. The van der Waals surface area contributed by atoms with Crippen molar-refractivity contribution in [2.45, 2.75) is 25.4 Å². The van der Waals surface area contributed by atoms with Gasteiger partial charge in [0, 0.05) is 11.4 Å². The molecule has 4 rings (SSSR count). The normalized spacial score (nSPS) is 19.7. The van der Waals surface area contributed by atoms with Gasteiger partial charge in [-0.05, 0) is 35.4 Å². The van der Waals surface area contributed by atoms with Crippen LogP contribution in [0.25, 0.3) is 0 Å². The number of nitrogens with zero attached hydrogens (tertiary/aromatic N) is 1. The summed E-state index contributed by atoms with van der Waals surface area (Å²) in [5, 5.41) is 2.68. The van der Waals surface area contributed by atoms with E-state index in [1.807, 2.05) is 77.9 Å². The lowest BCUT2D eigenvalue weighted by atomic mass is 10.0. The maximum Gasteiger partial charge on any atom is 0.186 e. The summed E-state index contributed by atoms with van der Waals surface area (Å²) in [5.41, 5.74) is 3.31. The number of hydrogen-bond donors (Lipinski definition) is 0. The van der Waals surface area contributed by atoms with E-state index in [1.165, 1.54) is 0 Å². The first-order valence-electron chi connectivity index (χ1n) is 8.71. The highest BCUT2D eigenvalue weighted by Gasteiger charge is 2.35. The van der Waals surface area contributed by atoms with Crippen LogP contribution in [-0.4, -0.2) is 6.29 Å². The van der Waals surface area contributed by atoms with Crippen LogP contribution in [0, 0.1) is 0 Å². The van der Waals surface area contributed by atoms with Crippen LogP contribution < -0.4 is 5.06 Å². The zero-order valence-electron chi connectivity index (χ0n) is 14.3. The number of ether oxygens (including phenoxy) is 1. The molecule has 1 fully saturated rings. The smallest absolute Gasteiger partial charge is 0.186 e. The third kappa shape index (κ3) is 3.91. The van der Waals surface area contributed by atoms with Gasteiger partial charge >= 0.3 is 0 Å². The summed E-state index contributed by atoms with van der Waals surface area (Å²) < 4.78 is 6.03. The number of anilines is 1. The van der Waals surface area contributed by atoms with E-state index in [-0.39, 0.29) is 12.3 Å². The zero-order valence-corrected chi connectivity index (χ0v) is 15.0. The highest BCUT2D eigenvalue weighted by molar-refractivity contribution is 6.30. The Hall–Kier alpha value is -2.33. The molecule has 2 atom stereocenters. The minimum Gasteiger partial charge on any atom is -0.345 e. The molecule has 132 valence electrons. The van der Waals surface area contributed by atoms with Gasteiger partial charge in [0.25, 0.3) is 0 Å². The molecule has 1 heterocycles. The molecule has 0 aliphatic carbocycles. The van der Waals surface area contributed by atoms with E-state index in [4.69, 9.17) is 21.2 Å². The number of hydroxylamine groups is 1. The van der Waals surface area contributed by atoms with Crippen molar-refractivity contribution in [1.29, 1.82) is 0 Å². The topological polar surface area (TPSA) is 21.7 Å². The molecule has 0 aromatic heterocycles. The van der Waals surface area contributed by atoms with Gasteiger partial charge in [0.05, 0.1) is 18.3 Å². The van der Waals surface area contributed by atoms with Crippen molar-refractivity contribution in [3.8, 4) is 0 Å². The fourth-order valence-electron chi connectivity index (χ4n) is 3.16. The van der Waals surface area contributed by atoms with Gasteiger partial charge in [-0.25, -0.2) is 9.90 Å². The van der Waals surface area contributed by atoms with Crippen LogP contribution in [0.3, 0.4) is 0 Å². The van der Waals surface area contributed by atoms with Crippen LogP contribution in [0.2, 0.25) is 5.02 Å². The molecule has 0 N–H and O–H groups in total. The van der Waals surface area contributed by atoms with E-state index in [1.54, 1.807) is 0 Å². The lowest BCUT2D eigenvalue weighted by Gasteiger charge is -2.24. The van der Waals surface area contributed by atoms with Crippen LogP contribution in [0.15, 0.2) is 84.9 Å². The van der Waals surface area contributed by atoms with E-state index in [9.17, 15) is 0 Å². The number of rotatable bonds is 5. The summed E-state index contributed by atoms with van der Waals surface area (Å²) in [6.45, 7) is 0.529. The van der Waals surface area contributed by atoms with Gasteiger partial charge < -0.3 is 4.74 Å². The first kappa shape index (κ1) is 17.1. The molecule has 0 saturated carbocycles. The molecule has 3 aromatic rings. The fourth-order valence-corrected chi connectivity index (χ4v) is 3.28. The molecule has 0 amide bonds. The second-order valence-corrected chi connectivity index (χ2v) is 6.73. The maximum absolute atomic E-state index is 6.14. The van der Waals surface area contributed by atoms with Gasteiger partial charge in [0.15, 0.2) is 6.29 Å². The lowest BCUT2D eigenvalue weighted by molar-refractivity contribution is -0.126. The minimum atomic E-state index is -0.295. The Morgan fingerprint density at radius 3 is 2.23 bits per heavy atom. The molecule has 1 saturated heterocycles. The van der Waals surface area contributed by atoms with E-state index >= 15 is 0 Å². The van der Waals surface area contributed by atoms with Gasteiger partial charge in [-0.2, -0.15) is 0 Å². The number of para-hydroxylation sites is 1. The van der Waals surface area contributed by atoms with Crippen LogP contribution in [-0.2, 0) is 16.2 Å². The third-order valence-electron chi connectivity index (χ3n) is 4.47. The van der Waals surface area contributed by atoms with Gasteiger partial charge in [-0.1, -0.05) is 72.3 Å². The van der Waals surface area contributed by atoms with Gasteiger partial charge in [0.2, 0.25) is 0 Å². The van der Waals surface area contributed by atoms with Crippen molar-refractivity contribution in [3.63, 3.8) is 0 Å². The summed E-state index contributed by atoms with van der Waals surface area (Å²) in [6, 6.07) is 28.3. The molecule has 3 nitrogen and oxygen atoms in total.